The molecule has 1 aliphatic rings. The SMILES string of the molecule is CCn1cc(/C=C(\NC(=O)c2ccccc2Cl)C(=O)N2CCCC2)c2ccccc21. The highest BCUT2D eigenvalue weighted by Gasteiger charge is 2.24. The molecule has 1 saturated heterocycles. The Morgan fingerprint density at radius 3 is 2.50 bits per heavy atom. The first kappa shape index (κ1) is 20.2. The Kier molecular flexibility index (Phi) is 5.91. The Balaban J connectivity index is 1.75. The number of para-hydroxylation sites is 1. The van der Waals surface area contributed by atoms with Crippen molar-refractivity contribution in [1.82, 2.24) is 14.8 Å². The fraction of sp³-hybridized carbons (Fsp3) is 0.250. The summed E-state index contributed by atoms with van der Waals surface area (Å²) in [4.78, 5) is 27.9. The molecule has 0 bridgehead atoms. The minimum atomic E-state index is -0.390. The maximum absolute atomic E-state index is 13.2. The smallest absolute Gasteiger partial charge is 0.270 e. The van der Waals surface area contributed by atoms with E-state index < -0.39 is 5.91 Å². The highest BCUT2D eigenvalue weighted by molar-refractivity contribution is 6.34. The van der Waals surface area contributed by atoms with Crippen molar-refractivity contribution in [2.24, 2.45) is 0 Å². The van der Waals surface area contributed by atoms with Crippen molar-refractivity contribution in [3.05, 3.63) is 76.6 Å². The highest BCUT2D eigenvalue weighted by Crippen LogP contribution is 2.24. The van der Waals surface area contributed by atoms with E-state index >= 15 is 0 Å². The topological polar surface area (TPSA) is 54.3 Å². The first-order chi connectivity index (χ1) is 14.6. The van der Waals surface area contributed by atoms with Gasteiger partial charge in [0.2, 0.25) is 0 Å². The van der Waals surface area contributed by atoms with Crippen molar-refractivity contribution in [1.29, 1.82) is 0 Å². The van der Waals surface area contributed by atoms with Gasteiger partial charge in [-0.1, -0.05) is 41.9 Å². The van der Waals surface area contributed by atoms with Gasteiger partial charge in [-0.15, -0.1) is 0 Å². The van der Waals surface area contributed by atoms with Gasteiger partial charge in [0, 0.05) is 42.3 Å². The number of likely N-dealkylation sites (tertiary alicyclic amines) is 1. The molecule has 0 spiro atoms. The zero-order valence-corrected chi connectivity index (χ0v) is 17.7. The second-order valence-corrected chi connectivity index (χ2v) is 7.79. The monoisotopic (exact) mass is 421 g/mol. The van der Waals surface area contributed by atoms with E-state index in [0.717, 1.165) is 35.9 Å². The molecule has 1 aromatic heterocycles. The van der Waals surface area contributed by atoms with Gasteiger partial charge in [0.05, 0.1) is 10.6 Å². The van der Waals surface area contributed by atoms with Crippen molar-refractivity contribution < 1.29 is 9.59 Å². The van der Waals surface area contributed by atoms with E-state index in [-0.39, 0.29) is 11.6 Å². The quantitative estimate of drug-likeness (QED) is 0.606. The van der Waals surface area contributed by atoms with Gasteiger partial charge in [0.1, 0.15) is 5.70 Å². The van der Waals surface area contributed by atoms with Crippen LogP contribution >= 0.6 is 11.6 Å². The standard InChI is InChI=1S/C24H24ClN3O2/c1-2-27-16-17(18-9-4-6-12-22(18)27)15-21(24(30)28-13-7-8-14-28)26-23(29)19-10-3-5-11-20(19)25/h3-6,9-12,15-16H,2,7-8,13-14H2,1H3,(H,26,29)/b21-15-. The van der Waals surface area contributed by atoms with E-state index in [2.05, 4.69) is 22.9 Å². The molecule has 154 valence electrons. The summed E-state index contributed by atoms with van der Waals surface area (Å²) in [6.07, 6.45) is 5.76. The van der Waals surface area contributed by atoms with Crippen LogP contribution in [0.4, 0.5) is 0 Å². The van der Waals surface area contributed by atoms with Gasteiger partial charge in [-0.25, -0.2) is 0 Å². The molecular weight excluding hydrogens is 398 g/mol. The predicted molar refractivity (Wildman–Crippen MR) is 120 cm³/mol. The molecule has 1 N–H and O–H groups in total. The number of benzene rings is 2. The fourth-order valence-electron chi connectivity index (χ4n) is 3.88. The summed E-state index contributed by atoms with van der Waals surface area (Å²) >= 11 is 6.19. The first-order valence-corrected chi connectivity index (χ1v) is 10.6. The van der Waals surface area contributed by atoms with Crippen LogP contribution in [-0.2, 0) is 11.3 Å². The first-order valence-electron chi connectivity index (χ1n) is 10.2. The zero-order chi connectivity index (χ0) is 21.1. The van der Waals surface area contributed by atoms with Crippen LogP contribution in [0.15, 0.2) is 60.4 Å². The van der Waals surface area contributed by atoms with Gasteiger partial charge in [-0.05, 0) is 44.0 Å². The second kappa shape index (κ2) is 8.76. The molecule has 0 saturated carbocycles. The molecule has 0 atom stereocenters. The van der Waals surface area contributed by atoms with Crippen LogP contribution in [0.25, 0.3) is 17.0 Å². The Bertz CT molecular complexity index is 1130. The van der Waals surface area contributed by atoms with Crippen LogP contribution in [0.2, 0.25) is 5.02 Å². The minimum absolute atomic E-state index is 0.166. The molecule has 0 unspecified atom stereocenters. The summed E-state index contributed by atoms with van der Waals surface area (Å²) in [5.41, 5.74) is 2.60. The molecule has 5 nitrogen and oxygen atoms in total. The molecule has 1 fully saturated rings. The van der Waals surface area contributed by atoms with Crippen molar-refractivity contribution >= 4 is 40.4 Å². The number of carbonyl (C=O) groups excluding carboxylic acids is 2. The molecular formula is C24H24ClN3O2. The number of aromatic nitrogens is 1. The van der Waals surface area contributed by atoms with Gasteiger partial charge >= 0.3 is 0 Å². The summed E-state index contributed by atoms with van der Waals surface area (Å²) in [5, 5.41) is 4.22. The molecule has 6 heteroatoms. The summed E-state index contributed by atoms with van der Waals surface area (Å²) in [7, 11) is 0. The normalized spacial score (nSPS) is 14.3. The average molecular weight is 422 g/mol. The lowest BCUT2D eigenvalue weighted by Gasteiger charge is -2.18. The van der Waals surface area contributed by atoms with Crippen LogP contribution in [0.1, 0.15) is 35.7 Å². The Labute approximate surface area is 180 Å². The van der Waals surface area contributed by atoms with Crippen molar-refractivity contribution in [2.45, 2.75) is 26.3 Å². The highest BCUT2D eigenvalue weighted by atomic mass is 35.5. The number of halogens is 1. The Morgan fingerprint density at radius 1 is 1.07 bits per heavy atom. The zero-order valence-electron chi connectivity index (χ0n) is 16.9. The number of aryl methyl sites for hydroxylation is 1. The number of amides is 2. The second-order valence-electron chi connectivity index (χ2n) is 7.38. The van der Waals surface area contributed by atoms with E-state index in [4.69, 9.17) is 11.6 Å². The van der Waals surface area contributed by atoms with Gasteiger partial charge in [-0.3, -0.25) is 9.59 Å². The lowest BCUT2D eigenvalue weighted by molar-refractivity contribution is -0.126. The van der Waals surface area contributed by atoms with E-state index in [1.165, 1.54) is 0 Å². The summed E-state index contributed by atoms with van der Waals surface area (Å²) in [5.74, 6) is -0.556. The molecule has 2 amide bonds. The maximum atomic E-state index is 13.2. The number of nitrogens with one attached hydrogen (secondary N) is 1. The third-order valence-corrected chi connectivity index (χ3v) is 5.78. The minimum Gasteiger partial charge on any atom is -0.347 e. The van der Waals surface area contributed by atoms with Gasteiger partial charge in [0.25, 0.3) is 11.8 Å². The van der Waals surface area contributed by atoms with Crippen LogP contribution in [0, 0.1) is 0 Å². The molecule has 2 aromatic carbocycles. The maximum Gasteiger partial charge on any atom is 0.270 e. The lowest BCUT2D eigenvalue weighted by Crippen LogP contribution is -2.36. The average Bonchev–Trinajstić information content (AvgIpc) is 3.41. The number of carbonyl (C=O) groups is 2. The van der Waals surface area contributed by atoms with Crippen LogP contribution in [-0.4, -0.2) is 34.4 Å². The predicted octanol–water partition coefficient (Wildman–Crippen LogP) is 4.71. The van der Waals surface area contributed by atoms with Crippen molar-refractivity contribution in [3.8, 4) is 0 Å². The number of hydrogen-bond donors (Lipinski definition) is 1. The molecule has 30 heavy (non-hydrogen) atoms. The third kappa shape index (κ3) is 3.98. The number of fused-ring (bicyclic) bond motifs is 1. The number of nitrogens with zero attached hydrogens (tertiary/aromatic N) is 2. The largest absolute Gasteiger partial charge is 0.347 e. The Hall–Kier alpha value is -3.05. The van der Waals surface area contributed by atoms with Gasteiger partial charge in [-0.2, -0.15) is 0 Å². The van der Waals surface area contributed by atoms with Crippen molar-refractivity contribution in [2.75, 3.05) is 13.1 Å². The number of hydrogen-bond acceptors (Lipinski definition) is 2. The number of rotatable bonds is 5. The van der Waals surface area contributed by atoms with Gasteiger partial charge < -0.3 is 14.8 Å². The van der Waals surface area contributed by atoms with E-state index in [9.17, 15) is 9.59 Å². The van der Waals surface area contributed by atoms with Crippen LogP contribution in [0.3, 0.4) is 0 Å². The van der Waals surface area contributed by atoms with Crippen LogP contribution < -0.4 is 5.32 Å². The van der Waals surface area contributed by atoms with Crippen molar-refractivity contribution in [3.63, 3.8) is 0 Å². The molecule has 3 aromatic rings. The molecule has 2 heterocycles. The molecule has 1 aliphatic heterocycles. The summed E-state index contributed by atoms with van der Waals surface area (Å²) < 4.78 is 2.13. The fourth-order valence-corrected chi connectivity index (χ4v) is 4.11. The molecule has 4 rings (SSSR count). The van der Waals surface area contributed by atoms with E-state index in [0.29, 0.717) is 23.7 Å². The third-order valence-electron chi connectivity index (χ3n) is 5.45. The van der Waals surface area contributed by atoms with Crippen LogP contribution in [0.5, 0.6) is 0 Å². The van der Waals surface area contributed by atoms with E-state index in [1.807, 2.05) is 24.4 Å². The summed E-state index contributed by atoms with van der Waals surface area (Å²) in [6, 6.07) is 14.9. The molecule has 0 aliphatic carbocycles. The van der Waals surface area contributed by atoms with E-state index in [1.54, 1.807) is 35.2 Å². The molecule has 0 radical (unpaired) electrons. The summed E-state index contributed by atoms with van der Waals surface area (Å²) in [6.45, 7) is 4.30. The Morgan fingerprint density at radius 2 is 1.77 bits per heavy atom. The van der Waals surface area contributed by atoms with Gasteiger partial charge in [0.15, 0.2) is 0 Å². The lowest BCUT2D eigenvalue weighted by atomic mass is 10.1.